The van der Waals surface area contributed by atoms with Crippen LogP contribution in [-0.4, -0.2) is 49.4 Å². The maximum absolute atomic E-state index is 5.72. The Labute approximate surface area is 131 Å². The van der Waals surface area contributed by atoms with Crippen molar-refractivity contribution in [3.8, 4) is 11.3 Å². The first-order valence-corrected chi connectivity index (χ1v) is 7.74. The minimum absolute atomic E-state index is 0.248. The molecule has 0 amide bonds. The predicted octanol–water partition coefficient (Wildman–Crippen LogP) is 2.07. The van der Waals surface area contributed by atoms with Gasteiger partial charge in [0.15, 0.2) is 5.76 Å². The Hall–Kier alpha value is -1.69. The first kappa shape index (κ1) is 15.2. The fourth-order valence-corrected chi connectivity index (χ4v) is 2.60. The minimum atomic E-state index is 0.248. The number of aromatic nitrogens is 1. The van der Waals surface area contributed by atoms with Gasteiger partial charge in [0.25, 0.3) is 0 Å². The summed E-state index contributed by atoms with van der Waals surface area (Å²) in [6.07, 6.45) is 0.248. The SMILES string of the molecule is Cc1ccc(-c2cc(CNC[C@@H]3CN(C)CCO3)on2)cc1. The van der Waals surface area contributed by atoms with E-state index >= 15 is 0 Å². The van der Waals surface area contributed by atoms with Crippen molar-refractivity contribution in [2.75, 3.05) is 33.3 Å². The zero-order chi connectivity index (χ0) is 15.4. The first-order valence-electron chi connectivity index (χ1n) is 7.74. The van der Waals surface area contributed by atoms with Gasteiger partial charge in [0, 0.05) is 31.3 Å². The van der Waals surface area contributed by atoms with Crippen LogP contribution in [0.3, 0.4) is 0 Å². The Bertz CT molecular complexity index is 594. The van der Waals surface area contributed by atoms with Gasteiger partial charge in [-0.05, 0) is 14.0 Å². The number of nitrogens with zero attached hydrogens (tertiary/aromatic N) is 2. The van der Waals surface area contributed by atoms with Crippen LogP contribution in [-0.2, 0) is 11.3 Å². The molecule has 1 aliphatic heterocycles. The minimum Gasteiger partial charge on any atom is -0.374 e. The van der Waals surface area contributed by atoms with E-state index in [1.165, 1.54) is 5.56 Å². The average molecular weight is 301 g/mol. The Kier molecular flexibility index (Phi) is 4.87. The van der Waals surface area contributed by atoms with Crippen LogP contribution in [0, 0.1) is 6.92 Å². The number of morpholine rings is 1. The molecule has 0 unspecified atom stereocenters. The molecule has 3 rings (SSSR count). The highest BCUT2D eigenvalue weighted by molar-refractivity contribution is 5.59. The second kappa shape index (κ2) is 7.05. The van der Waals surface area contributed by atoms with Crippen molar-refractivity contribution in [1.29, 1.82) is 0 Å². The summed E-state index contributed by atoms with van der Waals surface area (Å²) in [4.78, 5) is 2.29. The number of nitrogens with one attached hydrogen (secondary N) is 1. The van der Waals surface area contributed by atoms with Gasteiger partial charge < -0.3 is 19.5 Å². The van der Waals surface area contributed by atoms with E-state index in [-0.39, 0.29) is 6.10 Å². The Morgan fingerprint density at radius 1 is 1.32 bits per heavy atom. The standard InChI is InChI=1S/C17H23N3O2/c1-13-3-5-14(6-4-13)17-9-15(22-19-17)10-18-11-16-12-20(2)7-8-21-16/h3-6,9,16,18H,7-8,10-12H2,1-2H3/t16-/m1/s1. The summed E-state index contributed by atoms with van der Waals surface area (Å²) in [6.45, 7) is 6.36. The molecule has 0 spiro atoms. The van der Waals surface area contributed by atoms with Crippen LogP contribution in [0.4, 0.5) is 0 Å². The van der Waals surface area contributed by atoms with Crippen LogP contribution < -0.4 is 5.32 Å². The smallest absolute Gasteiger partial charge is 0.151 e. The number of hydrogen-bond acceptors (Lipinski definition) is 5. The van der Waals surface area contributed by atoms with Crippen LogP contribution in [0.15, 0.2) is 34.9 Å². The summed E-state index contributed by atoms with van der Waals surface area (Å²) in [6, 6.07) is 10.3. The normalized spacial score (nSPS) is 19.5. The third-order valence-electron chi connectivity index (χ3n) is 3.92. The number of aryl methyl sites for hydroxylation is 1. The van der Waals surface area contributed by atoms with Crippen LogP contribution in [0.2, 0.25) is 0 Å². The lowest BCUT2D eigenvalue weighted by molar-refractivity contribution is -0.0184. The van der Waals surface area contributed by atoms with E-state index in [1.54, 1.807) is 0 Å². The van der Waals surface area contributed by atoms with E-state index < -0.39 is 0 Å². The Balaban J connectivity index is 1.50. The first-order chi connectivity index (χ1) is 10.7. The topological polar surface area (TPSA) is 50.5 Å². The van der Waals surface area contributed by atoms with Crippen LogP contribution in [0.5, 0.6) is 0 Å². The molecule has 1 aromatic heterocycles. The van der Waals surface area contributed by atoms with E-state index in [0.29, 0.717) is 6.54 Å². The molecule has 0 bridgehead atoms. The number of ether oxygens (including phenoxy) is 1. The quantitative estimate of drug-likeness (QED) is 0.916. The molecule has 5 heteroatoms. The monoisotopic (exact) mass is 301 g/mol. The van der Waals surface area contributed by atoms with Crippen molar-refractivity contribution in [1.82, 2.24) is 15.4 Å². The van der Waals surface area contributed by atoms with E-state index in [4.69, 9.17) is 9.26 Å². The Morgan fingerprint density at radius 2 is 2.14 bits per heavy atom. The molecule has 1 atom stereocenters. The molecular weight excluding hydrogens is 278 g/mol. The van der Waals surface area contributed by atoms with Crippen molar-refractivity contribution >= 4 is 0 Å². The molecule has 1 fully saturated rings. The summed E-state index contributed by atoms with van der Waals surface area (Å²) in [7, 11) is 2.12. The third kappa shape index (κ3) is 3.94. The van der Waals surface area contributed by atoms with Crippen LogP contribution in [0.25, 0.3) is 11.3 Å². The van der Waals surface area contributed by atoms with Crippen molar-refractivity contribution < 1.29 is 9.26 Å². The molecule has 118 valence electrons. The summed E-state index contributed by atoms with van der Waals surface area (Å²) < 4.78 is 11.1. The Morgan fingerprint density at radius 3 is 2.91 bits per heavy atom. The molecule has 2 heterocycles. The van der Waals surface area contributed by atoms with Gasteiger partial charge >= 0.3 is 0 Å². The van der Waals surface area contributed by atoms with Crippen molar-refractivity contribution in [3.63, 3.8) is 0 Å². The maximum Gasteiger partial charge on any atom is 0.151 e. The lowest BCUT2D eigenvalue weighted by Gasteiger charge is -2.30. The fourth-order valence-electron chi connectivity index (χ4n) is 2.60. The van der Waals surface area contributed by atoms with Gasteiger partial charge in [-0.1, -0.05) is 35.0 Å². The number of rotatable bonds is 5. The summed E-state index contributed by atoms with van der Waals surface area (Å²) >= 11 is 0. The molecule has 1 aliphatic rings. The largest absolute Gasteiger partial charge is 0.374 e. The molecule has 2 aromatic rings. The zero-order valence-electron chi connectivity index (χ0n) is 13.2. The number of likely N-dealkylation sites (N-methyl/N-ethyl adjacent to an activating group) is 1. The van der Waals surface area contributed by atoms with Gasteiger partial charge in [0.05, 0.1) is 19.3 Å². The van der Waals surface area contributed by atoms with Crippen molar-refractivity contribution in [2.45, 2.75) is 19.6 Å². The lowest BCUT2D eigenvalue weighted by Crippen LogP contribution is -2.44. The van der Waals surface area contributed by atoms with E-state index in [0.717, 1.165) is 43.3 Å². The van der Waals surface area contributed by atoms with Gasteiger partial charge in [0.1, 0.15) is 5.69 Å². The fraction of sp³-hybridized carbons (Fsp3) is 0.471. The molecule has 0 radical (unpaired) electrons. The summed E-state index contributed by atoms with van der Waals surface area (Å²) in [5, 5.41) is 7.52. The summed E-state index contributed by atoms with van der Waals surface area (Å²) in [5.74, 6) is 0.847. The van der Waals surface area contributed by atoms with Gasteiger partial charge in [0.2, 0.25) is 0 Å². The highest BCUT2D eigenvalue weighted by Gasteiger charge is 2.17. The van der Waals surface area contributed by atoms with Crippen LogP contribution >= 0.6 is 0 Å². The molecule has 1 aromatic carbocycles. The maximum atomic E-state index is 5.72. The van der Waals surface area contributed by atoms with Crippen molar-refractivity contribution in [2.24, 2.45) is 0 Å². The second-order valence-electron chi connectivity index (χ2n) is 5.93. The number of hydrogen-bond donors (Lipinski definition) is 1. The van der Waals surface area contributed by atoms with Gasteiger partial charge in [-0.25, -0.2) is 0 Å². The average Bonchev–Trinajstić information content (AvgIpc) is 2.97. The molecule has 5 nitrogen and oxygen atoms in total. The van der Waals surface area contributed by atoms with Crippen LogP contribution in [0.1, 0.15) is 11.3 Å². The second-order valence-corrected chi connectivity index (χ2v) is 5.93. The van der Waals surface area contributed by atoms with Crippen molar-refractivity contribution in [3.05, 3.63) is 41.7 Å². The van der Waals surface area contributed by atoms with Gasteiger partial charge in [-0.2, -0.15) is 0 Å². The number of benzene rings is 1. The van der Waals surface area contributed by atoms with E-state index in [9.17, 15) is 0 Å². The van der Waals surface area contributed by atoms with Gasteiger partial charge in [-0.3, -0.25) is 0 Å². The van der Waals surface area contributed by atoms with Gasteiger partial charge in [-0.15, -0.1) is 0 Å². The zero-order valence-corrected chi connectivity index (χ0v) is 13.2. The summed E-state index contributed by atoms with van der Waals surface area (Å²) in [5.41, 5.74) is 3.20. The molecule has 1 saturated heterocycles. The molecule has 0 saturated carbocycles. The lowest BCUT2D eigenvalue weighted by atomic mass is 10.1. The van der Waals surface area contributed by atoms with E-state index in [1.807, 2.05) is 6.07 Å². The molecule has 1 N–H and O–H groups in total. The molecular formula is C17H23N3O2. The third-order valence-corrected chi connectivity index (χ3v) is 3.92. The van der Waals surface area contributed by atoms with E-state index in [2.05, 4.69) is 53.6 Å². The highest BCUT2D eigenvalue weighted by Crippen LogP contribution is 2.19. The molecule has 0 aliphatic carbocycles. The predicted molar refractivity (Wildman–Crippen MR) is 85.6 cm³/mol. The highest BCUT2D eigenvalue weighted by atomic mass is 16.5. The molecule has 22 heavy (non-hydrogen) atoms.